The minimum Gasteiger partial charge on any atom is -0.748 e. The van der Waals surface area contributed by atoms with Crippen molar-refractivity contribution in [2.75, 3.05) is 56.8 Å². The molecular formula is C87H88ClKN3O26S6-. The fourth-order valence-electron chi connectivity index (χ4n) is 15.5. The summed E-state index contributed by atoms with van der Waals surface area (Å²) in [7, 11) is -25.4. The molecule has 0 saturated carbocycles. The molecule has 13 rings (SSSR count). The van der Waals surface area contributed by atoms with Crippen molar-refractivity contribution in [1.82, 2.24) is 4.57 Å². The van der Waals surface area contributed by atoms with Crippen LogP contribution in [0.25, 0.3) is 55.4 Å². The van der Waals surface area contributed by atoms with Gasteiger partial charge in [-0.1, -0.05) is 158 Å². The number of ether oxygens (including phenoxy) is 4. The number of rotatable bonds is 29. The van der Waals surface area contributed by atoms with E-state index < -0.39 is 118 Å². The first-order chi connectivity index (χ1) is 57.7. The Morgan fingerprint density at radius 1 is 0.516 bits per heavy atom. The summed E-state index contributed by atoms with van der Waals surface area (Å²) in [6.07, 6.45) is 18.1. The normalized spacial score (nSPS) is 16.4. The predicted octanol–water partition coefficient (Wildman–Crippen LogP) is 8.45. The van der Waals surface area contributed by atoms with Gasteiger partial charge in [0, 0.05) is 82.7 Å². The number of carbonyl (C=O) groups is 4. The van der Waals surface area contributed by atoms with E-state index in [1.54, 1.807) is 73.9 Å². The average molecular weight is 1860 g/mol. The fraction of sp³-hybridized carbons (Fsp3) is 0.276. The van der Waals surface area contributed by atoms with Gasteiger partial charge in [0.15, 0.2) is 23.1 Å². The van der Waals surface area contributed by atoms with Gasteiger partial charge in [-0.2, -0.15) is 26.0 Å². The molecule has 0 amide bonds. The Kier molecular flexibility index (Phi) is 35.1. The van der Waals surface area contributed by atoms with E-state index in [4.69, 9.17) is 31.6 Å². The quantitative estimate of drug-likeness (QED) is 0.00843. The molecule has 1 aromatic heterocycles. The van der Waals surface area contributed by atoms with Gasteiger partial charge in [-0.25, -0.2) is 25.3 Å². The number of halogens is 1. The molecule has 2 aliphatic heterocycles. The van der Waals surface area contributed by atoms with Crippen LogP contribution in [0.5, 0.6) is 0 Å². The molecule has 9 aromatic rings. The molecule has 1 atom stereocenters. The molecule has 2 N–H and O–H groups in total. The number of nitrogens with zero attached hydrogens (tertiary/aromatic N) is 3. The number of aromatic nitrogens is 1. The average Bonchev–Trinajstić information content (AvgIpc) is 1.63. The SMILES string of the molecule is CC1=[N+](CCCS(=O)(=O)[O-])c2ccc(S(=O)(=O)[O-])c3cccc1c23.CCOC(=O)C1(C(=O)OCC)CC(/C=C/C2=[N+](CCCS(=O)(=O)O)c3ccc(S(=O)(=O)[O-])c4cccc2c34)=CC(=C/C=c2\c3cccc4cccc(c43)n2CCCS(=O)(=O)O)/C1.Cl.O=S(=O)=O.[CH2-]COC(=O)C1(C(=O)OCC)CC(/C=C/c2ccccc2)=CC(=C/Cc2ccccc2)/C1.[K+]. The third-order valence-electron chi connectivity index (χ3n) is 20.6. The van der Waals surface area contributed by atoms with Crippen LogP contribution in [0.4, 0.5) is 11.4 Å². The molecule has 37 heteroatoms. The number of hydrogen-bond acceptors (Lipinski definition) is 24. The second-order valence-corrected chi connectivity index (χ2v) is 36.5. The standard InChI is InChI=1S/C44H44N2O13S3.C28H29O4.C15H15NO6S2.ClH.K.O3S/c1-3-58-42(47)44(43(48)59-4-2)27-29(16-18-35-32-12-5-10-31-11-6-15-37(40(31)32)45(35)22-8-24-60(49,50)51)26-30(28-44)17-19-36-33-13-7-14-34-39(62(55,56)57)21-20-38(41(33)34)46(36)23-9-25-61(52,53)54;1-3-31-26(29)28(27(30)32-4-2)20-24(17-15-22-11-7-5-8-12-22)19-25(21-28)18-16-23-13-9-6-10-14-23;1-10-11-4-2-5-12-14(24(20,21)22)7-6-13(15(11)12)16(10)8-3-9-23(17,18)19;;;1-4(2)3/h5-7,10-21,26H,3-4,8-9,22-25,27-28H2,1-2H3,(H2-,49,50,51,52,53,54,55,56,57);5-15,17-19H,1,3-4,16,20-21H2,2H3;2,4-7H,3,8-9H2,1H3,(H-,17,18,19,20,21,22);1H;;/q;-1;;;+1;/p-1/b;17-15+,25-18-;;;;. The van der Waals surface area contributed by atoms with Crippen LogP contribution in [0, 0.1) is 17.8 Å². The van der Waals surface area contributed by atoms with Crippen LogP contribution >= 0.6 is 12.4 Å². The van der Waals surface area contributed by atoms with Gasteiger partial charge in [-0.05, 0) is 141 Å². The zero-order valence-electron chi connectivity index (χ0n) is 68.0. The van der Waals surface area contributed by atoms with Gasteiger partial charge in [-0.15, -0.1) is 25.0 Å². The van der Waals surface area contributed by atoms with Crippen molar-refractivity contribution in [3.8, 4) is 0 Å². The maximum absolute atomic E-state index is 14.0. The number of benzene rings is 8. The summed E-state index contributed by atoms with van der Waals surface area (Å²) in [6.45, 7) is 11.2. The van der Waals surface area contributed by atoms with Gasteiger partial charge in [-0.3, -0.25) is 28.3 Å². The molecule has 1 unspecified atom stereocenters. The van der Waals surface area contributed by atoms with Crippen LogP contribution in [0.15, 0.2) is 232 Å². The molecule has 124 heavy (non-hydrogen) atoms. The van der Waals surface area contributed by atoms with Crippen molar-refractivity contribution in [3.05, 3.63) is 257 Å². The predicted molar refractivity (Wildman–Crippen MR) is 461 cm³/mol. The molecule has 2 aliphatic carbocycles. The summed E-state index contributed by atoms with van der Waals surface area (Å²) in [5.41, 5.74) is 6.48. The molecule has 0 saturated heterocycles. The second-order valence-electron chi connectivity index (χ2n) is 28.7. The van der Waals surface area contributed by atoms with Gasteiger partial charge in [0.05, 0.1) is 73.1 Å². The Labute approximate surface area is 768 Å². The summed E-state index contributed by atoms with van der Waals surface area (Å²) in [5, 5.41) is 5.13. The van der Waals surface area contributed by atoms with Crippen LogP contribution in [-0.4, -0.2) is 183 Å². The van der Waals surface area contributed by atoms with Gasteiger partial charge in [0.1, 0.15) is 26.8 Å². The van der Waals surface area contributed by atoms with Crippen molar-refractivity contribution in [2.24, 2.45) is 10.8 Å². The minimum absolute atomic E-state index is 0. The van der Waals surface area contributed by atoms with E-state index in [0.29, 0.717) is 62.9 Å². The maximum atomic E-state index is 14.0. The molecule has 0 radical (unpaired) electrons. The van der Waals surface area contributed by atoms with Gasteiger partial charge in [0.2, 0.25) is 17.1 Å². The molecule has 29 nitrogen and oxygen atoms in total. The van der Waals surface area contributed by atoms with E-state index in [2.05, 4.69) is 31.2 Å². The summed E-state index contributed by atoms with van der Waals surface area (Å²) < 4.78 is 222. The van der Waals surface area contributed by atoms with Crippen LogP contribution in [-0.2, 0) is 112 Å². The van der Waals surface area contributed by atoms with E-state index >= 15 is 0 Å². The topological polar surface area (TPSA) is 448 Å². The van der Waals surface area contributed by atoms with E-state index in [-0.39, 0.29) is 159 Å². The Morgan fingerprint density at radius 3 is 1.51 bits per heavy atom. The number of carbonyl (C=O) groups excluding carboxylic acids is 4. The molecule has 652 valence electrons. The van der Waals surface area contributed by atoms with E-state index in [1.807, 2.05) is 131 Å². The molecule has 0 fully saturated rings. The van der Waals surface area contributed by atoms with Gasteiger partial charge < -0.3 is 44.1 Å². The smallest absolute Gasteiger partial charge is 0.748 e. The molecule has 0 spiro atoms. The number of esters is 4. The third kappa shape index (κ3) is 24.9. The van der Waals surface area contributed by atoms with Gasteiger partial charge in [0.25, 0.3) is 20.2 Å². The summed E-state index contributed by atoms with van der Waals surface area (Å²) in [5.74, 6) is -4.18. The molecule has 4 aliphatic rings. The molecule has 8 aromatic carbocycles. The van der Waals surface area contributed by atoms with Crippen molar-refractivity contribution in [1.29, 1.82) is 0 Å². The number of aryl methyl sites for hydroxylation is 1. The van der Waals surface area contributed by atoms with Crippen molar-refractivity contribution in [2.45, 2.75) is 95.4 Å². The molecule has 0 bridgehead atoms. The third-order valence-corrected chi connectivity index (χ3v) is 24.7. The van der Waals surface area contributed by atoms with Crippen LogP contribution in [0.1, 0.15) is 94.9 Å². The summed E-state index contributed by atoms with van der Waals surface area (Å²) >= 11 is 0. The van der Waals surface area contributed by atoms with Crippen molar-refractivity contribution < 1.29 is 176 Å². The van der Waals surface area contributed by atoms with Crippen LogP contribution in [0.3, 0.4) is 0 Å². The summed E-state index contributed by atoms with van der Waals surface area (Å²) in [6, 6.07) is 47.0. The van der Waals surface area contributed by atoms with Crippen molar-refractivity contribution in [3.63, 3.8) is 0 Å². The Hall–Kier alpha value is -9.16. The van der Waals surface area contributed by atoms with Crippen molar-refractivity contribution >= 4 is 176 Å². The molecular weight excluding hydrogens is 1770 g/mol. The Balaban J connectivity index is 0.000000255. The van der Waals surface area contributed by atoms with Crippen LogP contribution in [0.2, 0.25) is 0 Å². The number of hydrogen-bond donors (Lipinski definition) is 2. The zero-order chi connectivity index (χ0) is 88.7. The van der Waals surface area contributed by atoms with Crippen LogP contribution < -0.4 is 56.7 Å². The molecule has 3 heterocycles. The van der Waals surface area contributed by atoms with E-state index in [0.717, 1.165) is 60.6 Å². The monoisotopic (exact) mass is 1860 g/mol. The zero-order valence-corrected chi connectivity index (χ0v) is 76.9. The van der Waals surface area contributed by atoms with E-state index in [1.165, 1.54) is 24.3 Å². The maximum Gasteiger partial charge on any atom is 1.00 e. The fourth-order valence-corrected chi connectivity index (χ4v) is 18.4. The Bertz CT molecular complexity index is 6620. The second kappa shape index (κ2) is 43.4. The first kappa shape index (κ1) is 100. The largest absolute Gasteiger partial charge is 1.00 e. The Morgan fingerprint density at radius 2 is 0.976 bits per heavy atom. The first-order valence-electron chi connectivity index (χ1n) is 38.4. The first-order valence-corrected chi connectivity index (χ1v) is 47.0. The van der Waals surface area contributed by atoms with Gasteiger partial charge >= 0.3 is 85.9 Å². The minimum atomic E-state index is -4.89. The van der Waals surface area contributed by atoms with E-state index in [9.17, 15) is 84.0 Å². The number of allylic oxidation sites excluding steroid dienone is 11. The summed E-state index contributed by atoms with van der Waals surface area (Å²) in [4.78, 5) is 53.3.